The number of thiocarbonyl (C=S) groups is 1. The maximum Gasteiger partial charge on any atom is 0.291 e. The second-order valence-electron chi connectivity index (χ2n) is 5.50. The Bertz CT molecular complexity index is 924. The molecule has 0 spiro atoms. The summed E-state index contributed by atoms with van der Waals surface area (Å²) in [5, 5.41) is 10.1. The van der Waals surface area contributed by atoms with Crippen molar-refractivity contribution in [3.63, 3.8) is 0 Å². The first-order chi connectivity index (χ1) is 12.5. The van der Waals surface area contributed by atoms with Gasteiger partial charge in [-0.25, -0.2) is 0 Å². The van der Waals surface area contributed by atoms with Crippen LogP contribution in [-0.2, 0) is 0 Å². The van der Waals surface area contributed by atoms with Gasteiger partial charge in [-0.05, 0) is 73.2 Å². The van der Waals surface area contributed by atoms with Gasteiger partial charge in [0.05, 0.1) is 6.26 Å². The lowest BCUT2D eigenvalue weighted by Gasteiger charge is -2.13. The summed E-state index contributed by atoms with van der Waals surface area (Å²) in [5.74, 6) is -0.0428. The minimum atomic E-state index is -0.302. The molecule has 1 heterocycles. The number of amides is 1. The van der Waals surface area contributed by atoms with Crippen molar-refractivity contribution in [2.75, 3.05) is 16.0 Å². The summed E-state index contributed by atoms with van der Waals surface area (Å²) in [6.45, 7) is 1.92. The van der Waals surface area contributed by atoms with E-state index in [0.717, 1.165) is 16.9 Å². The van der Waals surface area contributed by atoms with Gasteiger partial charge >= 0.3 is 0 Å². The van der Waals surface area contributed by atoms with Crippen LogP contribution in [-0.4, -0.2) is 11.0 Å². The van der Waals surface area contributed by atoms with E-state index in [9.17, 15) is 4.79 Å². The molecule has 0 aliphatic carbocycles. The second kappa shape index (κ2) is 8.03. The number of anilines is 3. The van der Waals surface area contributed by atoms with Crippen molar-refractivity contribution < 1.29 is 9.21 Å². The van der Waals surface area contributed by atoms with Crippen LogP contribution in [0.4, 0.5) is 17.1 Å². The Morgan fingerprint density at radius 2 is 1.65 bits per heavy atom. The summed E-state index contributed by atoms with van der Waals surface area (Å²) in [4.78, 5) is 11.9. The highest BCUT2D eigenvalue weighted by molar-refractivity contribution is 7.80. The number of furan rings is 1. The van der Waals surface area contributed by atoms with E-state index in [1.165, 1.54) is 6.26 Å². The smallest absolute Gasteiger partial charge is 0.291 e. The molecule has 0 unspecified atom stereocenters. The van der Waals surface area contributed by atoms with Crippen LogP contribution in [0.2, 0.25) is 5.02 Å². The van der Waals surface area contributed by atoms with Gasteiger partial charge < -0.3 is 20.4 Å². The molecule has 0 atom stereocenters. The van der Waals surface area contributed by atoms with Gasteiger partial charge in [0.15, 0.2) is 10.9 Å². The lowest BCUT2D eigenvalue weighted by atomic mass is 10.2. The van der Waals surface area contributed by atoms with Crippen molar-refractivity contribution in [1.82, 2.24) is 0 Å². The van der Waals surface area contributed by atoms with E-state index in [1.54, 1.807) is 24.3 Å². The third-order valence-electron chi connectivity index (χ3n) is 3.66. The average Bonchev–Trinajstić information content (AvgIpc) is 3.15. The zero-order valence-corrected chi connectivity index (χ0v) is 15.4. The molecule has 0 saturated heterocycles. The molecule has 3 N–H and O–H groups in total. The van der Waals surface area contributed by atoms with E-state index in [0.29, 0.717) is 15.8 Å². The Hall–Kier alpha value is -2.83. The summed E-state index contributed by atoms with van der Waals surface area (Å²) >= 11 is 11.4. The van der Waals surface area contributed by atoms with Crippen LogP contribution in [0.15, 0.2) is 65.3 Å². The highest BCUT2D eigenvalue weighted by Crippen LogP contribution is 2.23. The maximum atomic E-state index is 11.9. The minimum Gasteiger partial charge on any atom is -0.459 e. The normalized spacial score (nSPS) is 10.2. The maximum absolute atomic E-state index is 11.9. The average molecular weight is 386 g/mol. The quantitative estimate of drug-likeness (QED) is 0.531. The molecule has 2 aromatic carbocycles. The van der Waals surface area contributed by atoms with Crippen LogP contribution < -0.4 is 16.0 Å². The Balaban J connectivity index is 1.59. The van der Waals surface area contributed by atoms with E-state index in [-0.39, 0.29) is 11.7 Å². The van der Waals surface area contributed by atoms with E-state index in [4.69, 9.17) is 28.2 Å². The molecule has 0 bridgehead atoms. The van der Waals surface area contributed by atoms with Crippen LogP contribution in [0.3, 0.4) is 0 Å². The number of rotatable bonds is 4. The van der Waals surface area contributed by atoms with Crippen molar-refractivity contribution in [2.24, 2.45) is 0 Å². The van der Waals surface area contributed by atoms with Crippen molar-refractivity contribution in [3.8, 4) is 0 Å². The van der Waals surface area contributed by atoms with Gasteiger partial charge in [0, 0.05) is 22.1 Å². The largest absolute Gasteiger partial charge is 0.459 e. The van der Waals surface area contributed by atoms with Gasteiger partial charge in [0.25, 0.3) is 5.91 Å². The molecule has 0 radical (unpaired) electrons. The predicted octanol–water partition coefficient (Wildman–Crippen LogP) is 5.30. The van der Waals surface area contributed by atoms with Gasteiger partial charge in [0.1, 0.15) is 0 Å². The standard InChI is InChI=1S/C19H16ClN3O2S/c1-12-15(20)4-2-5-16(12)23-19(26)22-14-9-7-13(8-10-14)21-18(24)17-6-3-11-25-17/h2-11H,1H3,(H,21,24)(H2,22,23,26). The van der Waals surface area contributed by atoms with E-state index >= 15 is 0 Å². The topological polar surface area (TPSA) is 66.3 Å². The van der Waals surface area contributed by atoms with Gasteiger partial charge in [-0.3, -0.25) is 4.79 Å². The molecular formula is C19H16ClN3O2S. The van der Waals surface area contributed by atoms with Crippen LogP contribution >= 0.6 is 23.8 Å². The molecule has 0 saturated carbocycles. The molecule has 132 valence electrons. The molecule has 0 aliphatic heterocycles. The van der Waals surface area contributed by atoms with Crippen LogP contribution in [0.5, 0.6) is 0 Å². The summed E-state index contributed by atoms with van der Waals surface area (Å²) in [6, 6.07) is 16.0. The molecule has 1 amide bonds. The molecule has 26 heavy (non-hydrogen) atoms. The number of nitrogens with one attached hydrogen (secondary N) is 3. The zero-order valence-electron chi connectivity index (χ0n) is 13.9. The first-order valence-corrected chi connectivity index (χ1v) is 8.59. The predicted molar refractivity (Wildman–Crippen MR) is 109 cm³/mol. The monoisotopic (exact) mass is 385 g/mol. The molecule has 5 nitrogen and oxygen atoms in total. The number of benzene rings is 2. The fourth-order valence-electron chi connectivity index (χ4n) is 2.26. The number of halogens is 1. The summed E-state index contributed by atoms with van der Waals surface area (Å²) in [5.41, 5.74) is 3.21. The van der Waals surface area contributed by atoms with Gasteiger partial charge in [-0.1, -0.05) is 17.7 Å². The zero-order chi connectivity index (χ0) is 18.5. The number of hydrogen-bond donors (Lipinski definition) is 3. The van der Waals surface area contributed by atoms with Crippen LogP contribution in [0.1, 0.15) is 16.1 Å². The third kappa shape index (κ3) is 4.41. The molecule has 0 aliphatic rings. The van der Waals surface area contributed by atoms with E-state index in [1.807, 2.05) is 37.3 Å². The molecule has 0 fully saturated rings. The molecular weight excluding hydrogens is 370 g/mol. The van der Waals surface area contributed by atoms with Gasteiger partial charge in [-0.2, -0.15) is 0 Å². The van der Waals surface area contributed by atoms with Gasteiger partial charge in [0.2, 0.25) is 0 Å². The Morgan fingerprint density at radius 1 is 0.962 bits per heavy atom. The second-order valence-corrected chi connectivity index (χ2v) is 6.32. The lowest BCUT2D eigenvalue weighted by Crippen LogP contribution is -2.19. The number of carbonyl (C=O) groups is 1. The SMILES string of the molecule is Cc1c(Cl)cccc1NC(=S)Nc1ccc(NC(=O)c2ccco2)cc1. The molecule has 3 aromatic rings. The Morgan fingerprint density at radius 3 is 2.31 bits per heavy atom. The summed E-state index contributed by atoms with van der Waals surface area (Å²) < 4.78 is 5.06. The first-order valence-electron chi connectivity index (χ1n) is 7.81. The van der Waals surface area contributed by atoms with Crippen molar-refractivity contribution in [3.05, 3.63) is 77.2 Å². The fraction of sp³-hybridized carbons (Fsp3) is 0.0526. The number of hydrogen-bond acceptors (Lipinski definition) is 3. The lowest BCUT2D eigenvalue weighted by molar-refractivity contribution is 0.0996. The van der Waals surface area contributed by atoms with Gasteiger partial charge in [-0.15, -0.1) is 0 Å². The van der Waals surface area contributed by atoms with Crippen LogP contribution in [0.25, 0.3) is 0 Å². The van der Waals surface area contributed by atoms with Crippen LogP contribution in [0, 0.1) is 6.92 Å². The summed E-state index contributed by atoms with van der Waals surface area (Å²) in [7, 11) is 0. The Labute approximate surface area is 161 Å². The molecule has 7 heteroatoms. The van der Waals surface area contributed by atoms with E-state index < -0.39 is 0 Å². The minimum absolute atomic E-state index is 0.259. The van der Waals surface area contributed by atoms with Crippen molar-refractivity contribution >= 4 is 51.9 Å². The van der Waals surface area contributed by atoms with E-state index in [2.05, 4.69) is 16.0 Å². The third-order valence-corrected chi connectivity index (χ3v) is 4.28. The highest BCUT2D eigenvalue weighted by Gasteiger charge is 2.09. The van der Waals surface area contributed by atoms with Crippen molar-refractivity contribution in [1.29, 1.82) is 0 Å². The molecule has 1 aromatic heterocycles. The first kappa shape index (κ1) is 18.0. The fourth-order valence-corrected chi connectivity index (χ4v) is 2.67. The Kier molecular flexibility index (Phi) is 5.55. The molecule has 3 rings (SSSR count). The number of carbonyl (C=O) groups excluding carboxylic acids is 1. The highest BCUT2D eigenvalue weighted by atomic mass is 35.5. The van der Waals surface area contributed by atoms with Crippen molar-refractivity contribution in [2.45, 2.75) is 6.92 Å². The summed E-state index contributed by atoms with van der Waals surface area (Å²) in [6.07, 6.45) is 1.46.